The molecule has 2 heterocycles. The number of anilines is 1. The molecule has 5 nitrogen and oxygen atoms in total. The van der Waals surface area contributed by atoms with E-state index >= 15 is 0 Å². The maximum Gasteiger partial charge on any atom is 0.261 e. The average Bonchev–Trinajstić information content (AvgIpc) is 2.88. The van der Waals surface area contributed by atoms with E-state index in [1.54, 1.807) is 29.2 Å². The number of carbonyl (C=O) groups is 3. The number of nitrogens with zero attached hydrogens (tertiary/aromatic N) is 2. The first-order valence-electron chi connectivity index (χ1n) is 8.60. The molecule has 0 N–H and O–H groups in total. The first kappa shape index (κ1) is 17.0. The Labute approximate surface area is 159 Å². The summed E-state index contributed by atoms with van der Waals surface area (Å²) >= 11 is 3.47. The second-order valence-electron chi connectivity index (χ2n) is 6.48. The third-order valence-corrected chi connectivity index (χ3v) is 5.38. The molecule has 3 amide bonds. The van der Waals surface area contributed by atoms with Crippen molar-refractivity contribution in [1.82, 2.24) is 4.90 Å². The Kier molecular flexibility index (Phi) is 4.36. The highest BCUT2D eigenvalue weighted by atomic mass is 79.9. The van der Waals surface area contributed by atoms with Crippen LogP contribution >= 0.6 is 15.9 Å². The molecular weight excluding hydrogens is 396 g/mol. The second-order valence-corrected chi connectivity index (χ2v) is 7.40. The van der Waals surface area contributed by atoms with Gasteiger partial charge in [0.25, 0.3) is 11.8 Å². The Balaban J connectivity index is 1.45. The number of amides is 3. The molecule has 0 aliphatic carbocycles. The van der Waals surface area contributed by atoms with Crippen molar-refractivity contribution in [2.45, 2.75) is 19.3 Å². The summed E-state index contributed by atoms with van der Waals surface area (Å²) < 4.78 is 0.997. The van der Waals surface area contributed by atoms with Gasteiger partial charge in [0.2, 0.25) is 5.91 Å². The molecule has 0 saturated carbocycles. The largest absolute Gasteiger partial charge is 0.312 e. The van der Waals surface area contributed by atoms with Crippen molar-refractivity contribution in [3.8, 4) is 0 Å². The van der Waals surface area contributed by atoms with Crippen molar-refractivity contribution in [1.29, 1.82) is 0 Å². The molecule has 2 aliphatic rings. The highest BCUT2D eigenvalue weighted by Gasteiger charge is 2.35. The Morgan fingerprint density at radius 3 is 2.19 bits per heavy atom. The quantitative estimate of drug-likeness (QED) is 0.722. The van der Waals surface area contributed by atoms with Crippen molar-refractivity contribution in [3.63, 3.8) is 0 Å². The molecule has 6 heteroatoms. The van der Waals surface area contributed by atoms with Gasteiger partial charge in [-0.2, -0.15) is 0 Å². The van der Waals surface area contributed by atoms with Crippen LogP contribution in [0, 0.1) is 0 Å². The van der Waals surface area contributed by atoms with Gasteiger partial charge in [0.1, 0.15) is 0 Å². The topological polar surface area (TPSA) is 57.7 Å². The maximum absolute atomic E-state index is 12.4. The molecule has 0 radical (unpaired) electrons. The van der Waals surface area contributed by atoms with Crippen molar-refractivity contribution >= 4 is 39.3 Å². The average molecular weight is 413 g/mol. The van der Waals surface area contributed by atoms with E-state index in [-0.39, 0.29) is 17.7 Å². The van der Waals surface area contributed by atoms with E-state index in [0.717, 1.165) is 22.1 Å². The lowest BCUT2D eigenvalue weighted by molar-refractivity contribution is -0.118. The Morgan fingerprint density at radius 2 is 1.50 bits per heavy atom. The van der Waals surface area contributed by atoms with Crippen LogP contribution in [0.3, 0.4) is 0 Å². The van der Waals surface area contributed by atoms with E-state index in [1.807, 2.05) is 18.2 Å². The fraction of sp³-hybridized carbons (Fsp3) is 0.250. The minimum absolute atomic E-state index is 0.0854. The molecule has 2 aromatic carbocycles. The lowest BCUT2D eigenvalue weighted by atomic mass is 10.0. The van der Waals surface area contributed by atoms with E-state index in [4.69, 9.17) is 0 Å². The van der Waals surface area contributed by atoms with Crippen LogP contribution in [0.4, 0.5) is 5.69 Å². The zero-order chi connectivity index (χ0) is 18.3. The van der Waals surface area contributed by atoms with Crippen LogP contribution in [0.1, 0.15) is 39.1 Å². The maximum atomic E-state index is 12.4. The molecule has 0 unspecified atom stereocenters. The third kappa shape index (κ3) is 2.84. The summed E-state index contributed by atoms with van der Waals surface area (Å²) in [6.07, 6.45) is 1.77. The van der Waals surface area contributed by atoms with Crippen molar-refractivity contribution < 1.29 is 14.4 Å². The normalized spacial score (nSPS) is 16.1. The molecule has 0 saturated heterocycles. The van der Waals surface area contributed by atoms with Crippen molar-refractivity contribution in [2.24, 2.45) is 0 Å². The monoisotopic (exact) mass is 412 g/mol. The highest BCUT2D eigenvalue weighted by molar-refractivity contribution is 9.10. The number of fused-ring (bicyclic) bond motifs is 2. The number of carbonyl (C=O) groups excluding carboxylic acids is 3. The van der Waals surface area contributed by atoms with Gasteiger partial charge in [-0.25, -0.2) is 0 Å². The number of halogens is 1. The first-order chi connectivity index (χ1) is 12.6. The standard InChI is InChI=1S/C20H17BrN2O3/c21-14-7-8-17-13(12-14)6-9-18(24)22(17)10-3-11-23-19(25)15-4-1-2-5-16(15)20(23)26/h1-2,4-5,7-8,12H,3,6,9-11H2. The number of benzene rings is 2. The van der Waals surface area contributed by atoms with Crippen LogP contribution in [0.25, 0.3) is 0 Å². The van der Waals surface area contributed by atoms with Gasteiger partial charge in [-0.1, -0.05) is 28.1 Å². The van der Waals surface area contributed by atoms with Crippen LogP contribution in [0.15, 0.2) is 46.9 Å². The fourth-order valence-corrected chi connectivity index (χ4v) is 4.01. The molecular formula is C20H17BrN2O3. The zero-order valence-corrected chi connectivity index (χ0v) is 15.7. The van der Waals surface area contributed by atoms with E-state index < -0.39 is 0 Å². The number of imide groups is 1. The summed E-state index contributed by atoms with van der Waals surface area (Å²) in [6.45, 7) is 0.795. The molecule has 2 aromatic rings. The Bertz CT molecular complexity index is 890. The number of rotatable bonds is 4. The van der Waals surface area contributed by atoms with E-state index in [2.05, 4.69) is 15.9 Å². The van der Waals surface area contributed by atoms with E-state index in [1.165, 1.54) is 4.90 Å². The minimum atomic E-state index is -0.250. The van der Waals surface area contributed by atoms with Crippen LogP contribution in [-0.2, 0) is 11.2 Å². The van der Waals surface area contributed by atoms with Crippen molar-refractivity contribution in [2.75, 3.05) is 18.0 Å². The molecule has 26 heavy (non-hydrogen) atoms. The summed E-state index contributed by atoms with van der Waals surface area (Å²) in [5.41, 5.74) is 2.98. The smallest absolute Gasteiger partial charge is 0.261 e. The number of hydrogen-bond donors (Lipinski definition) is 0. The summed E-state index contributed by atoms with van der Waals surface area (Å²) in [7, 11) is 0. The Hall–Kier alpha value is -2.47. The molecule has 2 aliphatic heterocycles. The van der Waals surface area contributed by atoms with Crippen LogP contribution < -0.4 is 4.90 Å². The van der Waals surface area contributed by atoms with E-state index in [0.29, 0.717) is 37.1 Å². The minimum Gasteiger partial charge on any atom is -0.312 e. The van der Waals surface area contributed by atoms with Gasteiger partial charge < -0.3 is 4.90 Å². The SMILES string of the molecule is O=C1c2ccccc2C(=O)N1CCCN1C(=O)CCc2cc(Br)ccc21. The summed E-state index contributed by atoms with van der Waals surface area (Å²) in [6, 6.07) is 12.8. The fourth-order valence-electron chi connectivity index (χ4n) is 3.60. The zero-order valence-electron chi connectivity index (χ0n) is 14.1. The van der Waals surface area contributed by atoms with Gasteiger partial charge in [0.05, 0.1) is 11.1 Å². The Morgan fingerprint density at radius 1 is 0.846 bits per heavy atom. The van der Waals surface area contributed by atoms with Gasteiger partial charge in [0.15, 0.2) is 0 Å². The number of hydrogen-bond acceptors (Lipinski definition) is 3. The molecule has 0 bridgehead atoms. The van der Waals surface area contributed by atoms with Gasteiger partial charge in [-0.15, -0.1) is 0 Å². The molecule has 4 rings (SSSR count). The van der Waals surface area contributed by atoms with Gasteiger partial charge >= 0.3 is 0 Å². The molecule has 0 spiro atoms. The number of aryl methyl sites for hydroxylation is 1. The summed E-state index contributed by atoms with van der Waals surface area (Å²) in [5, 5.41) is 0. The van der Waals surface area contributed by atoms with Crippen LogP contribution in [0.2, 0.25) is 0 Å². The first-order valence-corrected chi connectivity index (χ1v) is 9.39. The van der Waals surface area contributed by atoms with Crippen molar-refractivity contribution in [3.05, 3.63) is 63.6 Å². The molecule has 0 aromatic heterocycles. The molecule has 0 atom stereocenters. The third-order valence-electron chi connectivity index (χ3n) is 4.88. The second kappa shape index (κ2) is 6.68. The predicted molar refractivity (Wildman–Crippen MR) is 101 cm³/mol. The summed E-state index contributed by atoms with van der Waals surface area (Å²) in [5.74, 6) is -0.415. The molecule has 0 fully saturated rings. The van der Waals surface area contributed by atoms with Gasteiger partial charge in [0, 0.05) is 29.7 Å². The van der Waals surface area contributed by atoms with E-state index in [9.17, 15) is 14.4 Å². The summed E-state index contributed by atoms with van der Waals surface area (Å²) in [4.78, 5) is 40.2. The van der Waals surface area contributed by atoms with Gasteiger partial charge in [-0.05, 0) is 48.7 Å². The molecule has 132 valence electrons. The van der Waals surface area contributed by atoms with Crippen LogP contribution in [0.5, 0.6) is 0 Å². The lowest BCUT2D eigenvalue weighted by Gasteiger charge is -2.30. The lowest BCUT2D eigenvalue weighted by Crippen LogP contribution is -2.38. The highest BCUT2D eigenvalue weighted by Crippen LogP contribution is 2.30. The predicted octanol–water partition coefficient (Wildman–Crippen LogP) is 3.41. The van der Waals surface area contributed by atoms with Crippen LogP contribution in [-0.4, -0.2) is 35.7 Å². The van der Waals surface area contributed by atoms with Gasteiger partial charge in [-0.3, -0.25) is 19.3 Å².